The summed E-state index contributed by atoms with van der Waals surface area (Å²) in [6.45, 7) is 4.34. The normalized spacial score (nSPS) is 12.2. The summed E-state index contributed by atoms with van der Waals surface area (Å²) in [5, 5.41) is 0. The van der Waals surface area contributed by atoms with E-state index in [1.165, 1.54) is 0 Å². The molecule has 0 aliphatic carbocycles. The molecule has 0 fully saturated rings. The van der Waals surface area contributed by atoms with Gasteiger partial charge in [-0.2, -0.15) is 0 Å². The minimum atomic E-state index is 0.0673. The van der Waals surface area contributed by atoms with Gasteiger partial charge in [-0.15, -0.1) is 0 Å². The van der Waals surface area contributed by atoms with E-state index in [1.54, 1.807) is 7.11 Å². The fourth-order valence-electron chi connectivity index (χ4n) is 2.48. The number of rotatable bonds is 10. The van der Waals surface area contributed by atoms with Crippen molar-refractivity contribution in [2.45, 2.75) is 64.7 Å². The molecular weight excluding hydrogens is 248 g/mol. The quantitative estimate of drug-likeness (QED) is 0.554. The number of hydrogen-bond donors (Lipinski definition) is 0. The number of carbonyl (C=O) groups excluding carboxylic acids is 1. The fourth-order valence-corrected chi connectivity index (χ4v) is 2.48. The van der Waals surface area contributed by atoms with Crippen molar-refractivity contribution in [2.24, 2.45) is 0 Å². The standard InChI is InChI=1S/C18H28O2/c1-4-6-8-10-18(19)17(9-7-5-2)15-11-13-16(20-3)14-12-15/h11-14,17H,4-10H2,1-3H3/t17-/m1/s1. The molecule has 1 rings (SSSR count). The Labute approximate surface area is 123 Å². The van der Waals surface area contributed by atoms with Crippen LogP contribution in [0.4, 0.5) is 0 Å². The number of ether oxygens (including phenoxy) is 1. The number of benzene rings is 1. The van der Waals surface area contributed by atoms with Gasteiger partial charge < -0.3 is 4.74 Å². The van der Waals surface area contributed by atoms with Crippen LogP contribution in [0.3, 0.4) is 0 Å². The molecule has 2 heteroatoms. The molecule has 1 atom stereocenters. The van der Waals surface area contributed by atoms with Gasteiger partial charge in [-0.1, -0.05) is 51.7 Å². The zero-order chi connectivity index (χ0) is 14.8. The maximum absolute atomic E-state index is 12.4. The van der Waals surface area contributed by atoms with Crippen molar-refractivity contribution < 1.29 is 9.53 Å². The largest absolute Gasteiger partial charge is 0.497 e. The molecule has 0 spiro atoms. The van der Waals surface area contributed by atoms with Crippen LogP contribution in [0.1, 0.15) is 70.3 Å². The maximum Gasteiger partial charge on any atom is 0.140 e. The van der Waals surface area contributed by atoms with E-state index in [-0.39, 0.29) is 5.92 Å². The molecule has 0 bridgehead atoms. The number of unbranched alkanes of at least 4 members (excludes halogenated alkanes) is 3. The van der Waals surface area contributed by atoms with E-state index in [9.17, 15) is 4.79 Å². The third-order valence-corrected chi connectivity index (χ3v) is 3.78. The van der Waals surface area contributed by atoms with E-state index >= 15 is 0 Å². The maximum atomic E-state index is 12.4. The Morgan fingerprint density at radius 1 is 1.05 bits per heavy atom. The van der Waals surface area contributed by atoms with E-state index in [0.29, 0.717) is 12.2 Å². The van der Waals surface area contributed by atoms with Gasteiger partial charge in [-0.05, 0) is 30.5 Å². The molecule has 0 N–H and O–H groups in total. The van der Waals surface area contributed by atoms with Gasteiger partial charge in [0.05, 0.1) is 7.11 Å². The summed E-state index contributed by atoms with van der Waals surface area (Å²) in [6.07, 6.45) is 7.26. The van der Waals surface area contributed by atoms with E-state index in [4.69, 9.17) is 4.74 Å². The molecule has 0 saturated heterocycles. The second-order valence-corrected chi connectivity index (χ2v) is 5.39. The minimum Gasteiger partial charge on any atom is -0.497 e. The highest BCUT2D eigenvalue weighted by molar-refractivity contribution is 5.85. The van der Waals surface area contributed by atoms with Crippen LogP contribution in [0, 0.1) is 0 Å². The predicted molar refractivity (Wildman–Crippen MR) is 84.4 cm³/mol. The smallest absolute Gasteiger partial charge is 0.140 e. The average Bonchev–Trinajstić information content (AvgIpc) is 2.48. The van der Waals surface area contributed by atoms with Crippen molar-refractivity contribution in [3.63, 3.8) is 0 Å². The molecule has 112 valence electrons. The summed E-state index contributed by atoms with van der Waals surface area (Å²) in [4.78, 5) is 12.4. The number of carbonyl (C=O) groups is 1. The van der Waals surface area contributed by atoms with Gasteiger partial charge in [0.15, 0.2) is 0 Å². The lowest BCUT2D eigenvalue weighted by molar-refractivity contribution is -0.120. The molecule has 0 saturated carbocycles. The molecule has 0 heterocycles. The minimum absolute atomic E-state index is 0.0673. The van der Waals surface area contributed by atoms with Gasteiger partial charge in [0.25, 0.3) is 0 Å². The summed E-state index contributed by atoms with van der Waals surface area (Å²) >= 11 is 0. The van der Waals surface area contributed by atoms with Crippen LogP contribution in [-0.2, 0) is 4.79 Å². The van der Waals surface area contributed by atoms with Crippen LogP contribution in [0.25, 0.3) is 0 Å². The zero-order valence-electron chi connectivity index (χ0n) is 13.2. The van der Waals surface area contributed by atoms with Crippen molar-refractivity contribution in [2.75, 3.05) is 7.11 Å². The summed E-state index contributed by atoms with van der Waals surface area (Å²) < 4.78 is 5.19. The molecule has 1 aromatic carbocycles. The highest BCUT2D eigenvalue weighted by Gasteiger charge is 2.19. The van der Waals surface area contributed by atoms with E-state index in [1.807, 2.05) is 24.3 Å². The van der Waals surface area contributed by atoms with Crippen LogP contribution in [0.5, 0.6) is 5.75 Å². The lowest BCUT2D eigenvalue weighted by atomic mass is 9.87. The fraction of sp³-hybridized carbons (Fsp3) is 0.611. The Kier molecular flexibility index (Phi) is 8.01. The molecule has 0 aromatic heterocycles. The van der Waals surface area contributed by atoms with Crippen LogP contribution in [0.2, 0.25) is 0 Å². The van der Waals surface area contributed by atoms with Gasteiger partial charge in [-0.25, -0.2) is 0 Å². The molecule has 0 unspecified atom stereocenters. The first-order chi connectivity index (χ1) is 9.72. The topological polar surface area (TPSA) is 26.3 Å². The second kappa shape index (κ2) is 9.57. The first-order valence-electron chi connectivity index (χ1n) is 7.89. The molecule has 1 aromatic rings. The molecule has 2 nitrogen and oxygen atoms in total. The van der Waals surface area contributed by atoms with Gasteiger partial charge in [0.1, 0.15) is 11.5 Å². The van der Waals surface area contributed by atoms with E-state index in [0.717, 1.165) is 49.8 Å². The van der Waals surface area contributed by atoms with Gasteiger partial charge >= 0.3 is 0 Å². The molecule has 0 aliphatic rings. The molecular formula is C18H28O2. The molecule has 0 aliphatic heterocycles. The van der Waals surface area contributed by atoms with Crippen LogP contribution >= 0.6 is 0 Å². The molecule has 0 amide bonds. The Morgan fingerprint density at radius 2 is 1.70 bits per heavy atom. The summed E-state index contributed by atoms with van der Waals surface area (Å²) in [6, 6.07) is 7.98. The Balaban J connectivity index is 2.73. The first-order valence-corrected chi connectivity index (χ1v) is 7.89. The van der Waals surface area contributed by atoms with Gasteiger partial charge in [0.2, 0.25) is 0 Å². The Bertz CT molecular complexity index is 381. The van der Waals surface area contributed by atoms with Crippen molar-refractivity contribution in [1.29, 1.82) is 0 Å². The van der Waals surface area contributed by atoms with E-state index < -0.39 is 0 Å². The van der Waals surface area contributed by atoms with Crippen LogP contribution < -0.4 is 4.74 Å². The van der Waals surface area contributed by atoms with Crippen molar-refractivity contribution in [1.82, 2.24) is 0 Å². The van der Waals surface area contributed by atoms with E-state index in [2.05, 4.69) is 13.8 Å². The SMILES string of the molecule is CCCCCC(=O)[C@H](CCCC)c1ccc(OC)cc1. The Hall–Kier alpha value is -1.31. The summed E-state index contributed by atoms with van der Waals surface area (Å²) in [5.41, 5.74) is 1.14. The van der Waals surface area contributed by atoms with Gasteiger partial charge in [0, 0.05) is 12.3 Å². The number of Topliss-reactive ketones (excluding diaryl/α,β-unsaturated/α-hetero) is 1. The Morgan fingerprint density at radius 3 is 2.25 bits per heavy atom. The third-order valence-electron chi connectivity index (χ3n) is 3.78. The summed E-state index contributed by atoms with van der Waals surface area (Å²) in [5.74, 6) is 1.32. The number of ketones is 1. The molecule has 20 heavy (non-hydrogen) atoms. The molecule has 0 radical (unpaired) electrons. The number of methoxy groups -OCH3 is 1. The highest BCUT2D eigenvalue weighted by atomic mass is 16.5. The van der Waals surface area contributed by atoms with Gasteiger partial charge in [-0.3, -0.25) is 4.79 Å². The first kappa shape index (κ1) is 16.7. The average molecular weight is 276 g/mol. The van der Waals surface area contributed by atoms with Crippen LogP contribution in [-0.4, -0.2) is 12.9 Å². The van der Waals surface area contributed by atoms with Crippen molar-refractivity contribution >= 4 is 5.78 Å². The zero-order valence-corrected chi connectivity index (χ0v) is 13.2. The monoisotopic (exact) mass is 276 g/mol. The second-order valence-electron chi connectivity index (χ2n) is 5.39. The predicted octanol–water partition coefficient (Wildman–Crippen LogP) is 5.12. The summed E-state index contributed by atoms with van der Waals surface area (Å²) in [7, 11) is 1.67. The lowest BCUT2D eigenvalue weighted by Gasteiger charge is -2.16. The van der Waals surface area contributed by atoms with Crippen molar-refractivity contribution in [3.05, 3.63) is 29.8 Å². The van der Waals surface area contributed by atoms with Crippen molar-refractivity contribution in [3.8, 4) is 5.75 Å². The third kappa shape index (κ3) is 5.36. The highest BCUT2D eigenvalue weighted by Crippen LogP contribution is 2.27. The number of hydrogen-bond acceptors (Lipinski definition) is 2. The lowest BCUT2D eigenvalue weighted by Crippen LogP contribution is -2.12. The van der Waals surface area contributed by atoms with Crippen LogP contribution in [0.15, 0.2) is 24.3 Å².